The number of fused-ring (bicyclic) bond motifs is 1. The first-order valence-electron chi connectivity index (χ1n) is 6.28. The van der Waals surface area contributed by atoms with Crippen LogP contribution in [0.4, 0.5) is 0 Å². The lowest BCUT2D eigenvalue weighted by Crippen LogP contribution is -1.90. The quantitative estimate of drug-likeness (QED) is 0.611. The molecule has 1 aromatic carbocycles. The van der Waals surface area contributed by atoms with E-state index >= 15 is 0 Å². The molecule has 0 amide bonds. The molecule has 0 unspecified atom stereocenters. The Labute approximate surface area is 102 Å². The largest absolute Gasteiger partial charge is 0.144 e. The Balaban J connectivity index is 2.09. The van der Waals surface area contributed by atoms with Crippen molar-refractivity contribution in [2.75, 3.05) is 0 Å². The van der Waals surface area contributed by atoms with Crippen molar-refractivity contribution in [2.45, 2.75) is 46.0 Å². The molecular formula is C15H20S. The van der Waals surface area contributed by atoms with E-state index in [0.29, 0.717) is 0 Å². The zero-order valence-corrected chi connectivity index (χ0v) is 11.1. The van der Waals surface area contributed by atoms with Gasteiger partial charge >= 0.3 is 0 Å². The molecule has 0 aliphatic heterocycles. The number of thiophene rings is 1. The summed E-state index contributed by atoms with van der Waals surface area (Å²) in [6.45, 7) is 4.54. The van der Waals surface area contributed by atoms with Gasteiger partial charge in [-0.25, -0.2) is 0 Å². The van der Waals surface area contributed by atoms with E-state index in [4.69, 9.17) is 0 Å². The Kier molecular flexibility index (Phi) is 4.00. The summed E-state index contributed by atoms with van der Waals surface area (Å²) in [5.74, 6) is 0. The minimum atomic E-state index is 1.25. The van der Waals surface area contributed by atoms with E-state index in [1.807, 2.05) is 11.3 Å². The monoisotopic (exact) mass is 232 g/mol. The van der Waals surface area contributed by atoms with Gasteiger partial charge in [0.1, 0.15) is 0 Å². The zero-order valence-electron chi connectivity index (χ0n) is 10.3. The topological polar surface area (TPSA) is 0 Å². The van der Waals surface area contributed by atoms with Crippen LogP contribution in [0.3, 0.4) is 0 Å². The Morgan fingerprint density at radius 3 is 2.75 bits per heavy atom. The maximum Gasteiger partial charge on any atom is 0.0374 e. The van der Waals surface area contributed by atoms with Crippen LogP contribution in [-0.4, -0.2) is 0 Å². The van der Waals surface area contributed by atoms with Crippen molar-refractivity contribution in [3.63, 3.8) is 0 Å². The minimum absolute atomic E-state index is 1.25. The molecule has 16 heavy (non-hydrogen) atoms. The summed E-state index contributed by atoms with van der Waals surface area (Å²) >= 11 is 1.87. The first kappa shape index (κ1) is 11.7. The van der Waals surface area contributed by atoms with Crippen LogP contribution in [0.1, 0.15) is 43.7 Å². The molecule has 0 saturated heterocycles. The first-order valence-corrected chi connectivity index (χ1v) is 7.16. The normalized spacial score (nSPS) is 11.1. The van der Waals surface area contributed by atoms with Gasteiger partial charge in [-0.15, -0.1) is 11.3 Å². The fourth-order valence-corrected chi connectivity index (χ4v) is 3.16. The average molecular weight is 232 g/mol. The van der Waals surface area contributed by atoms with Crippen LogP contribution in [0.2, 0.25) is 0 Å². The molecule has 0 nitrogen and oxygen atoms in total. The average Bonchev–Trinajstić information content (AvgIpc) is 2.76. The highest BCUT2D eigenvalue weighted by molar-refractivity contribution is 7.17. The number of rotatable bonds is 5. The molecule has 0 fully saturated rings. The van der Waals surface area contributed by atoms with Gasteiger partial charge in [0.2, 0.25) is 0 Å². The zero-order chi connectivity index (χ0) is 11.4. The highest BCUT2D eigenvalue weighted by atomic mass is 32.1. The van der Waals surface area contributed by atoms with Crippen molar-refractivity contribution in [1.29, 1.82) is 0 Å². The number of unbranched alkanes of at least 4 members (excludes halogenated alkanes) is 3. The Morgan fingerprint density at radius 2 is 1.94 bits per heavy atom. The van der Waals surface area contributed by atoms with E-state index in [1.165, 1.54) is 47.8 Å². The summed E-state index contributed by atoms with van der Waals surface area (Å²) < 4.78 is 1.48. The predicted octanol–water partition coefficient (Wildman–Crippen LogP) is 5.33. The van der Waals surface area contributed by atoms with Gasteiger partial charge in [-0.3, -0.25) is 0 Å². The second-order valence-corrected chi connectivity index (χ2v) is 5.42. The van der Waals surface area contributed by atoms with E-state index in [1.54, 1.807) is 5.56 Å². The predicted molar refractivity (Wildman–Crippen MR) is 74.4 cm³/mol. The Bertz CT molecular complexity index is 453. The van der Waals surface area contributed by atoms with E-state index in [2.05, 4.69) is 37.4 Å². The van der Waals surface area contributed by atoms with Crippen molar-refractivity contribution >= 4 is 21.4 Å². The SMILES string of the molecule is CCCCCCc1ccc2ccsc2c1C. The summed E-state index contributed by atoms with van der Waals surface area (Å²) in [5.41, 5.74) is 3.05. The smallest absolute Gasteiger partial charge is 0.0374 e. The highest BCUT2D eigenvalue weighted by Crippen LogP contribution is 2.27. The van der Waals surface area contributed by atoms with Crippen molar-refractivity contribution in [2.24, 2.45) is 0 Å². The lowest BCUT2D eigenvalue weighted by atomic mass is 10.0. The fraction of sp³-hybridized carbons (Fsp3) is 0.467. The van der Waals surface area contributed by atoms with Crippen LogP contribution >= 0.6 is 11.3 Å². The van der Waals surface area contributed by atoms with Crippen LogP contribution in [0.5, 0.6) is 0 Å². The molecule has 2 aromatic rings. The molecule has 0 saturated carbocycles. The van der Waals surface area contributed by atoms with E-state index < -0.39 is 0 Å². The molecule has 0 atom stereocenters. The van der Waals surface area contributed by atoms with E-state index in [0.717, 1.165) is 0 Å². The number of hydrogen-bond acceptors (Lipinski definition) is 1. The maximum atomic E-state index is 2.32. The van der Waals surface area contributed by atoms with Crippen LogP contribution in [0.25, 0.3) is 10.1 Å². The lowest BCUT2D eigenvalue weighted by Gasteiger charge is -2.06. The third-order valence-electron chi connectivity index (χ3n) is 3.28. The number of aryl methyl sites for hydroxylation is 2. The van der Waals surface area contributed by atoms with Crippen molar-refractivity contribution in [3.8, 4) is 0 Å². The molecule has 1 heteroatoms. The summed E-state index contributed by atoms with van der Waals surface area (Å²) in [6.07, 6.45) is 6.66. The van der Waals surface area contributed by atoms with Gasteiger partial charge in [0.15, 0.2) is 0 Å². The molecule has 0 N–H and O–H groups in total. The molecule has 0 aliphatic rings. The molecule has 1 heterocycles. The molecule has 1 aromatic heterocycles. The van der Waals surface area contributed by atoms with Crippen LogP contribution in [-0.2, 0) is 6.42 Å². The second-order valence-electron chi connectivity index (χ2n) is 4.50. The summed E-state index contributed by atoms with van der Waals surface area (Å²) in [4.78, 5) is 0. The van der Waals surface area contributed by atoms with Gasteiger partial charge < -0.3 is 0 Å². The summed E-state index contributed by atoms with van der Waals surface area (Å²) in [5, 5.41) is 3.60. The highest BCUT2D eigenvalue weighted by Gasteiger charge is 2.04. The molecule has 0 radical (unpaired) electrons. The van der Waals surface area contributed by atoms with Crippen molar-refractivity contribution in [1.82, 2.24) is 0 Å². The van der Waals surface area contributed by atoms with Gasteiger partial charge in [-0.2, -0.15) is 0 Å². The third kappa shape index (κ3) is 2.46. The second kappa shape index (κ2) is 5.49. The summed E-state index contributed by atoms with van der Waals surface area (Å²) in [7, 11) is 0. The Morgan fingerprint density at radius 1 is 1.06 bits per heavy atom. The van der Waals surface area contributed by atoms with Crippen molar-refractivity contribution < 1.29 is 0 Å². The molecule has 86 valence electrons. The third-order valence-corrected chi connectivity index (χ3v) is 4.33. The lowest BCUT2D eigenvalue weighted by molar-refractivity contribution is 0.666. The number of benzene rings is 1. The van der Waals surface area contributed by atoms with Crippen molar-refractivity contribution in [3.05, 3.63) is 34.7 Å². The first-order chi connectivity index (χ1) is 7.83. The van der Waals surface area contributed by atoms with Crippen LogP contribution in [0, 0.1) is 6.92 Å². The summed E-state index contributed by atoms with van der Waals surface area (Å²) in [6, 6.07) is 6.80. The maximum absolute atomic E-state index is 2.32. The fourth-order valence-electron chi connectivity index (χ4n) is 2.23. The van der Waals surface area contributed by atoms with Crippen LogP contribution in [0.15, 0.2) is 23.6 Å². The molecule has 0 bridgehead atoms. The minimum Gasteiger partial charge on any atom is -0.144 e. The Hall–Kier alpha value is -0.820. The van der Waals surface area contributed by atoms with E-state index in [9.17, 15) is 0 Å². The van der Waals surface area contributed by atoms with Gasteiger partial charge in [0.25, 0.3) is 0 Å². The molecule has 0 aliphatic carbocycles. The van der Waals surface area contributed by atoms with Gasteiger partial charge in [0.05, 0.1) is 0 Å². The standard InChI is InChI=1S/C15H20S/c1-3-4-5-6-7-13-8-9-14-10-11-16-15(14)12(13)2/h8-11H,3-7H2,1-2H3. The van der Waals surface area contributed by atoms with Gasteiger partial charge in [-0.05, 0) is 47.7 Å². The molecular weight excluding hydrogens is 212 g/mol. The van der Waals surface area contributed by atoms with Gasteiger partial charge in [-0.1, -0.05) is 38.3 Å². The molecule has 0 spiro atoms. The molecule has 2 rings (SSSR count). The van der Waals surface area contributed by atoms with Gasteiger partial charge in [0, 0.05) is 4.70 Å². The van der Waals surface area contributed by atoms with E-state index in [-0.39, 0.29) is 0 Å². The van der Waals surface area contributed by atoms with Crippen LogP contribution < -0.4 is 0 Å². The number of hydrogen-bond donors (Lipinski definition) is 0.